The second-order valence-electron chi connectivity index (χ2n) is 7.09. The number of hydrazine groups is 1. The number of thioether (sulfide) groups is 1. The minimum absolute atomic E-state index is 0.0908. The molecule has 1 saturated heterocycles. The second-order valence-corrected chi connectivity index (χ2v) is 9.12. The molecule has 3 aliphatic rings. The molecule has 0 amide bonds. The molecule has 2 aliphatic heterocycles. The zero-order chi connectivity index (χ0) is 18.5. The third-order valence-electron chi connectivity index (χ3n) is 5.27. The van der Waals surface area contributed by atoms with Crippen molar-refractivity contribution >= 4 is 35.0 Å². The van der Waals surface area contributed by atoms with Crippen molar-refractivity contribution in [3.8, 4) is 5.00 Å². The van der Waals surface area contributed by atoms with Crippen molar-refractivity contribution < 1.29 is 9.53 Å². The molecule has 1 aliphatic carbocycles. The lowest BCUT2D eigenvalue weighted by Gasteiger charge is -2.31. The number of nitrogens with one attached hydrogen (secondary N) is 2. The fourth-order valence-electron chi connectivity index (χ4n) is 4.05. The summed E-state index contributed by atoms with van der Waals surface area (Å²) in [6.45, 7) is 5.23. The molecule has 0 spiro atoms. The first-order valence-corrected chi connectivity index (χ1v) is 11.1. The summed E-state index contributed by atoms with van der Waals surface area (Å²) in [6, 6.07) is 0. The molecule has 2 aromatic rings. The van der Waals surface area contributed by atoms with E-state index in [2.05, 4.69) is 37.4 Å². The van der Waals surface area contributed by atoms with Crippen LogP contribution in [-0.4, -0.2) is 39.8 Å². The van der Waals surface area contributed by atoms with Crippen LogP contribution in [0.5, 0.6) is 0 Å². The summed E-state index contributed by atoms with van der Waals surface area (Å²) >= 11 is 3.24. The van der Waals surface area contributed by atoms with Crippen LogP contribution >= 0.6 is 23.1 Å². The van der Waals surface area contributed by atoms with Crippen molar-refractivity contribution in [2.24, 2.45) is 5.92 Å². The Morgan fingerprint density at radius 2 is 2.33 bits per heavy atom. The van der Waals surface area contributed by atoms with Crippen LogP contribution in [0.25, 0.3) is 5.00 Å². The van der Waals surface area contributed by atoms with Crippen molar-refractivity contribution in [3.05, 3.63) is 16.0 Å². The van der Waals surface area contributed by atoms with Crippen molar-refractivity contribution in [2.45, 2.75) is 44.4 Å². The highest BCUT2D eigenvalue weighted by Gasteiger charge is 2.42. The normalized spacial score (nSPS) is 22.8. The lowest BCUT2D eigenvalue weighted by atomic mass is 9.87. The van der Waals surface area contributed by atoms with Gasteiger partial charge >= 0.3 is 5.97 Å². The van der Waals surface area contributed by atoms with Gasteiger partial charge in [0.1, 0.15) is 11.2 Å². The van der Waals surface area contributed by atoms with Gasteiger partial charge in [0.2, 0.25) is 5.95 Å². The summed E-state index contributed by atoms with van der Waals surface area (Å²) in [4.78, 5) is 13.3. The average Bonchev–Trinajstić information content (AvgIpc) is 3.35. The van der Waals surface area contributed by atoms with Gasteiger partial charge in [0, 0.05) is 10.4 Å². The van der Waals surface area contributed by atoms with Crippen LogP contribution in [-0.2, 0) is 22.4 Å². The maximum atomic E-state index is 11.8. The van der Waals surface area contributed by atoms with Crippen LogP contribution < -0.4 is 15.8 Å². The highest BCUT2D eigenvalue weighted by Crippen LogP contribution is 2.48. The van der Waals surface area contributed by atoms with Crippen LogP contribution in [0, 0.1) is 5.92 Å². The summed E-state index contributed by atoms with van der Waals surface area (Å²) in [5.74, 6) is 1.50. The zero-order valence-electron chi connectivity index (χ0n) is 15.3. The second kappa shape index (κ2) is 6.77. The Morgan fingerprint density at radius 1 is 1.44 bits per heavy atom. The first-order valence-electron chi connectivity index (χ1n) is 9.32. The Hall–Kier alpha value is -1.62. The van der Waals surface area contributed by atoms with Crippen molar-refractivity contribution in [1.29, 1.82) is 0 Å². The SMILES string of the molecule is CCOC(=O)CSc1nnc2n1-c1sc3c(c1C1NCNN21)CC[C@@H](C)C3. The molecule has 27 heavy (non-hydrogen) atoms. The number of aromatic nitrogens is 3. The van der Waals surface area contributed by atoms with Crippen molar-refractivity contribution in [3.63, 3.8) is 0 Å². The van der Waals surface area contributed by atoms with Gasteiger partial charge in [0.25, 0.3) is 0 Å². The van der Waals surface area contributed by atoms with Crippen molar-refractivity contribution in [2.75, 3.05) is 24.0 Å². The van der Waals surface area contributed by atoms with Crippen LogP contribution in [0.3, 0.4) is 0 Å². The summed E-state index contributed by atoms with van der Waals surface area (Å²) < 4.78 is 7.15. The van der Waals surface area contributed by atoms with E-state index in [1.54, 1.807) is 0 Å². The smallest absolute Gasteiger partial charge is 0.316 e. The van der Waals surface area contributed by atoms with E-state index in [1.807, 2.05) is 18.3 Å². The third-order valence-corrected chi connectivity index (χ3v) is 7.43. The Balaban J connectivity index is 1.57. The standard InChI is InChI=1S/C17H22N6O2S2/c1-3-25-12(24)7-26-17-21-20-16-22(17)15-13(14-18-8-19-23(14)16)10-5-4-9(2)6-11(10)27-15/h9,14,18-19H,3-8H2,1-2H3/t9-,14?/m1/s1. The molecule has 2 aromatic heterocycles. The number of fused-ring (bicyclic) bond motifs is 8. The fourth-order valence-corrected chi connectivity index (χ4v) is 6.38. The summed E-state index contributed by atoms with van der Waals surface area (Å²) in [5, 5.41) is 16.3. The van der Waals surface area contributed by atoms with Gasteiger partial charge < -0.3 is 4.74 Å². The highest BCUT2D eigenvalue weighted by molar-refractivity contribution is 7.99. The van der Waals surface area contributed by atoms with Crippen LogP contribution in [0.2, 0.25) is 0 Å². The molecule has 4 heterocycles. The van der Waals surface area contributed by atoms with Crippen LogP contribution in [0.1, 0.15) is 42.4 Å². The number of hydrogen-bond acceptors (Lipinski definition) is 9. The van der Waals surface area contributed by atoms with E-state index in [9.17, 15) is 4.79 Å². The summed E-state index contributed by atoms with van der Waals surface area (Å²) in [5.41, 5.74) is 6.19. The molecule has 5 rings (SSSR count). The molecule has 8 nitrogen and oxygen atoms in total. The number of thiophene rings is 1. The number of nitrogens with zero attached hydrogens (tertiary/aromatic N) is 4. The molecule has 0 bridgehead atoms. The minimum atomic E-state index is -0.228. The maximum absolute atomic E-state index is 11.8. The van der Waals surface area contributed by atoms with Gasteiger partial charge in [-0.05, 0) is 37.7 Å². The lowest BCUT2D eigenvalue weighted by molar-refractivity contribution is -0.139. The fraction of sp³-hybridized carbons (Fsp3) is 0.588. The lowest BCUT2D eigenvalue weighted by Crippen LogP contribution is -2.39. The molecule has 1 unspecified atom stereocenters. The molecule has 1 fully saturated rings. The molecule has 0 radical (unpaired) electrons. The Morgan fingerprint density at radius 3 is 3.19 bits per heavy atom. The quantitative estimate of drug-likeness (QED) is 0.589. The van der Waals surface area contributed by atoms with Crippen LogP contribution in [0.4, 0.5) is 5.95 Å². The Labute approximate surface area is 165 Å². The topological polar surface area (TPSA) is 84.3 Å². The van der Waals surface area contributed by atoms with Gasteiger partial charge in [0.05, 0.1) is 19.0 Å². The molecule has 10 heteroatoms. The van der Waals surface area contributed by atoms with E-state index < -0.39 is 0 Å². The van der Waals surface area contributed by atoms with Gasteiger partial charge in [-0.25, -0.2) is 9.99 Å². The number of rotatable bonds is 4. The molecular formula is C17H22N6O2S2. The van der Waals surface area contributed by atoms with Gasteiger partial charge in [-0.15, -0.1) is 21.5 Å². The summed E-state index contributed by atoms with van der Waals surface area (Å²) in [7, 11) is 0. The monoisotopic (exact) mass is 406 g/mol. The number of esters is 1. The minimum Gasteiger partial charge on any atom is -0.465 e. The van der Waals surface area contributed by atoms with Crippen LogP contribution in [0.15, 0.2) is 5.16 Å². The van der Waals surface area contributed by atoms with Gasteiger partial charge in [-0.1, -0.05) is 18.7 Å². The van der Waals surface area contributed by atoms with Crippen molar-refractivity contribution in [1.82, 2.24) is 25.5 Å². The third kappa shape index (κ3) is 2.77. The first-order chi connectivity index (χ1) is 13.2. The summed E-state index contributed by atoms with van der Waals surface area (Å²) in [6.07, 6.45) is 3.58. The Bertz CT molecular complexity index is 894. The molecule has 2 atom stereocenters. The molecule has 2 N–H and O–H groups in total. The Kier molecular flexibility index (Phi) is 4.38. The van der Waals surface area contributed by atoms with E-state index >= 15 is 0 Å². The van der Waals surface area contributed by atoms with E-state index in [-0.39, 0.29) is 17.9 Å². The zero-order valence-corrected chi connectivity index (χ0v) is 17.0. The average molecular weight is 407 g/mol. The highest BCUT2D eigenvalue weighted by atomic mass is 32.2. The number of carbonyl (C=O) groups is 1. The van der Waals surface area contributed by atoms with E-state index in [4.69, 9.17) is 4.74 Å². The van der Waals surface area contributed by atoms with E-state index in [0.717, 1.165) is 29.9 Å². The molecule has 144 valence electrons. The predicted molar refractivity (Wildman–Crippen MR) is 104 cm³/mol. The predicted octanol–water partition coefficient (Wildman–Crippen LogP) is 1.99. The van der Waals surface area contributed by atoms with Gasteiger partial charge in [-0.2, -0.15) is 0 Å². The van der Waals surface area contributed by atoms with Gasteiger partial charge in [-0.3, -0.25) is 15.1 Å². The molecule has 0 saturated carbocycles. The van der Waals surface area contributed by atoms with E-state index in [0.29, 0.717) is 13.3 Å². The van der Waals surface area contributed by atoms with E-state index in [1.165, 1.54) is 39.2 Å². The number of ether oxygens (including phenoxy) is 1. The number of hydrogen-bond donors (Lipinski definition) is 2. The maximum Gasteiger partial charge on any atom is 0.316 e. The first kappa shape index (κ1) is 17.5. The molecular weight excluding hydrogens is 384 g/mol. The number of anilines is 1. The largest absolute Gasteiger partial charge is 0.465 e. The molecule has 0 aromatic carbocycles. The number of carbonyl (C=O) groups excluding carboxylic acids is 1. The van der Waals surface area contributed by atoms with Gasteiger partial charge in [0.15, 0.2) is 5.16 Å².